The zero-order chi connectivity index (χ0) is 21.0. The molecule has 1 aliphatic heterocycles. The number of carbonyl (C=O) groups is 2. The van der Waals surface area contributed by atoms with Crippen LogP contribution >= 0.6 is 11.8 Å². The van der Waals surface area contributed by atoms with E-state index in [0.29, 0.717) is 16.2 Å². The molecule has 1 heterocycles. The van der Waals surface area contributed by atoms with Gasteiger partial charge in [0.05, 0.1) is 16.2 Å². The van der Waals surface area contributed by atoms with Crippen molar-refractivity contribution in [3.63, 3.8) is 0 Å². The van der Waals surface area contributed by atoms with E-state index in [2.05, 4.69) is 10.3 Å². The zero-order valence-corrected chi connectivity index (χ0v) is 15.5. The fourth-order valence-corrected chi connectivity index (χ4v) is 3.10. The molecular weight excluding hydrogens is 407 g/mol. The molecule has 0 spiro atoms. The number of amides is 2. The van der Waals surface area contributed by atoms with Crippen LogP contribution < -0.4 is 15.8 Å². The summed E-state index contributed by atoms with van der Waals surface area (Å²) in [5.74, 6) is 0.00375. The van der Waals surface area contributed by atoms with Crippen molar-refractivity contribution in [2.75, 3.05) is 6.61 Å². The van der Waals surface area contributed by atoms with Gasteiger partial charge in [0.15, 0.2) is 6.61 Å². The molecule has 3 N–H and O–H groups in total. The summed E-state index contributed by atoms with van der Waals surface area (Å²) in [5, 5.41) is 2.14. The highest BCUT2D eigenvalue weighted by Gasteiger charge is 2.30. The first-order valence-corrected chi connectivity index (χ1v) is 9.00. The third-order valence-corrected chi connectivity index (χ3v) is 4.45. The molecule has 1 fully saturated rings. The van der Waals surface area contributed by atoms with Crippen LogP contribution in [0.25, 0.3) is 6.08 Å². The number of benzene rings is 2. The van der Waals surface area contributed by atoms with Gasteiger partial charge in [-0.15, -0.1) is 0 Å². The van der Waals surface area contributed by atoms with Crippen LogP contribution in [0.5, 0.6) is 5.75 Å². The molecule has 2 aromatic carbocycles. The van der Waals surface area contributed by atoms with E-state index in [1.807, 2.05) is 0 Å². The fourth-order valence-electron chi connectivity index (χ4n) is 2.36. The molecule has 29 heavy (non-hydrogen) atoms. The number of halogens is 3. The van der Waals surface area contributed by atoms with Gasteiger partial charge in [0, 0.05) is 0 Å². The summed E-state index contributed by atoms with van der Waals surface area (Å²) < 4.78 is 43.8. The Morgan fingerprint density at radius 2 is 1.93 bits per heavy atom. The monoisotopic (exact) mass is 421 g/mol. The minimum absolute atomic E-state index is 0.0683. The highest BCUT2D eigenvalue weighted by Crippen LogP contribution is 2.33. The molecule has 0 radical (unpaired) electrons. The van der Waals surface area contributed by atoms with Gasteiger partial charge in [0.25, 0.3) is 11.1 Å². The van der Waals surface area contributed by atoms with Gasteiger partial charge in [0.1, 0.15) is 11.6 Å². The normalized spacial score (nSPS) is 16.9. The summed E-state index contributed by atoms with van der Waals surface area (Å²) in [6.07, 6.45) is -2.83. The Bertz CT molecular complexity index is 1000. The molecule has 10 heteroatoms. The second-order valence-electron chi connectivity index (χ2n) is 5.86. The van der Waals surface area contributed by atoms with E-state index in [9.17, 15) is 22.8 Å². The molecule has 0 aliphatic carbocycles. The quantitative estimate of drug-likeness (QED) is 0.760. The van der Waals surface area contributed by atoms with Crippen molar-refractivity contribution in [2.24, 2.45) is 10.7 Å². The standard InChI is InChI=1S/C19H14F3N3O3S/c20-19(21,22)12-2-1-3-13(9-12)24-17-15(29-18(27)25-17)8-11-4-6-14(7-5-11)28-10-16(23)26/h1-9H,10H2,(H2,23,26)(H,24,25,27). The van der Waals surface area contributed by atoms with Gasteiger partial charge in [-0.2, -0.15) is 13.2 Å². The van der Waals surface area contributed by atoms with Gasteiger partial charge in [0.2, 0.25) is 0 Å². The third-order valence-electron chi connectivity index (χ3n) is 3.63. The number of alkyl halides is 3. The largest absolute Gasteiger partial charge is 0.484 e. The van der Waals surface area contributed by atoms with Gasteiger partial charge in [-0.05, 0) is 53.7 Å². The number of nitrogens with two attached hydrogens (primary N) is 1. The van der Waals surface area contributed by atoms with Crippen LogP contribution in [0.1, 0.15) is 11.1 Å². The number of thioether (sulfide) groups is 1. The number of carbonyl (C=O) groups excluding carboxylic acids is 2. The molecule has 0 saturated carbocycles. The number of ether oxygens (including phenoxy) is 1. The van der Waals surface area contributed by atoms with Gasteiger partial charge >= 0.3 is 6.18 Å². The van der Waals surface area contributed by atoms with Crippen molar-refractivity contribution in [3.8, 4) is 5.75 Å². The molecule has 6 nitrogen and oxygen atoms in total. The molecule has 1 saturated heterocycles. The maximum Gasteiger partial charge on any atom is 0.416 e. The van der Waals surface area contributed by atoms with E-state index in [-0.39, 0.29) is 23.4 Å². The van der Waals surface area contributed by atoms with Gasteiger partial charge in [-0.25, -0.2) is 4.99 Å². The van der Waals surface area contributed by atoms with Crippen LogP contribution in [-0.4, -0.2) is 23.6 Å². The van der Waals surface area contributed by atoms with Gasteiger partial charge in [-0.1, -0.05) is 18.2 Å². The highest BCUT2D eigenvalue weighted by atomic mass is 32.2. The number of primary amides is 1. The lowest BCUT2D eigenvalue weighted by molar-refractivity contribution is -0.137. The Morgan fingerprint density at radius 3 is 2.59 bits per heavy atom. The average molecular weight is 421 g/mol. The minimum Gasteiger partial charge on any atom is -0.484 e. The van der Waals surface area contributed by atoms with Crippen molar-refractivity contribution in [1.29, 1.82) is 0 Å². The Kier molecular flexibility index (Phi) is 5.92. The van der Waals surface area contributed by atoms with E-state index in [1.165, 1.54) is 12.1 Å². The fraction of sp³-hybridized carbons (Fsp3) is 0.105. The summed E-state index contributed by atoms with van der Waals surface area (Å²) in [6.45, 7) is -0.248. The molecular formula is C19H14F3N3O3S. The smallest absolute Gasteiger partial charge is 0.416 e. The Hall–Kier alpha value is -3.27. The summed E-state index contributed by atoms with van der Waals surface area (Å²) in [6, 6.07) is 11.1. The van der Waals surface area contributed by atoms with Crippen molar-refractivity contribution in [1.82, 2.24) is 5.32 Å². The van der Waals surface area contributed by atoms with Crippen molar-refractivity contribution in [3.05, 3.63) is 64.6 Å². The molecule has 2 aromatic rings. The second kappa shape index (κ2) is 8.39. The first-order valence-electron chi connectivity index (χ1n) is 8.19. The molecule has 0 bridgehead atoms. The number of nitrogens with one attached hydrogen (secondary N) is 1. The number of rotatable bonds is 5. The summed E-state index contributed by atoms with van der Waals surface area (Å²) in [4.78, 5) is 27.1. The van der Waals surface area contributed by atoms with E-state index in [4.69, 9.17) is 10.5 Å². The lowest BCUT2D eigenvalue weighted by Gasteiger charge is -2.07. The molecule has 2 amide bonds. The van der Waals surface area contributed by atoms with Crippen molar-refractivity contribution < 1.29 is 27.5 Å². The number of hydrogen-bond acceptors (Lipinski definition) is 5. The average Bonchev–Trinajstić information content (AvgIpc) is 2.99. The molecule has 3 rings (SSSR count). The Morgan fingerprint density at radius 1 is 1.21 bits per heavy atom. The van der Waals surface area contributed by atoms with E-state index in [0.717, 1.165) is 23.9 Å². The summed E-state index contributed by atoms with van der Waals surface area (Å²) in [7, 11) is 0. The molecule has 150 valence electrons. The number of aliphatic imine (C=N–C) groups is 1. The first kappa shape index (κ1) is 20.5. The predicted octanol–water partition coefficient (Wildman–Crippen LogP) is 4.10. The topological polar surface area (TPSA) is 93.8 Å². The zero-order valence-electron chi connectivity index (χ0n) is 14.7. The second-order valence-corrected chi connectivity index (χ2v) is 6.87. The lowest BCUT2D eigenvalue weighted by atomic mass is 10.2. The van der Waals surface area contributed by atoms with Crippen LogP contribution in [0.3, 0.4) is 0 Å². The van der Waals surface area contributed by atoms with E-state index >= 15 is 0 Å². The predicted molar refractivity (Wildman–Crippen MR) is 104 cm³/mol. The molecule has 1 aliphatic rings. The van der Waals surface area contributed by atoms with Gasteiger partial charge < -0.3 is 15.8 Å². The van der Waals surface area contributed by atoms with Crippen LogP contribution in [-0.2, 0) is 11.0 Å². The number of hydrogen-bond donors (Lipinski definition) is 2. The van der Waals surface area contributed by atoms with Gasteiger partial charge in [-0.3, -0.25) is 9.59 Å². The summed E-state index contributed by atoms with van der Waals surface area (Å²) >= 11 is 0.881. The maximum absolute atomic E-state index is 12.9. The molecule has 0 aromatic heterocycles. The molecule has 0 unspecified atom stereocenters. The summed E-state index contributed by atoms with van der Waals surface area (Å²) in [5.41, 5.74) is 4.96. The highest BCUT2D eigenvalue weighted by molar-refractivity contribution is 8.18. The lowest BCUT2D eigenvalue weighted by Crippen LogP contribution is -2.19. The third kappa shape index (κ3) is 5.61. The van der Waals surface area contributed by atoms with Crippen LogP contribution in [0.4, 0.5) is 23.7 Å². The minimum atomic E-state index is -4.49. The SMILES string of the molecule is NC(=O)COc1ccc(C=C2SC(=O)NC2=Nc2cccc(C(F)(F)F)c2)cc1. The van der Waals surface area contributed by atoms with E-state index < -0.39 is 17.6 Å². The van der Waals surface area contributed by atoms with Crippen LogP contribution in [0.15, 0.2) is 58.4 Å². The maximum atomic E-state index is 12.9. The Labute approximate surface area is 167 Å². The number of nitrogens with zero attached hydrogens (tertiary/aromatic N) is 1. The van der Waals surface area contributed by atoms with Crippen molar-refractivity contribution in [2.45, 2.75) is 6.18 Å². The first-order chi connectivity index (χ1) is 13.7. The number of amidine groups is 1. The van der Waals surface area contributed by atoms with E-state index in [1.54, 1.807) is 30.3 Å². The molecule has 0 atom stereocenters. The van der Waals surface area contributed by atoms with Crippen molar-refractivity contribution >= 4 is 40.5 Å². The Balaban J connectivity index is 1.84. The van der Waals surface area contributed by atoms with Crippen LogP contribution in [0, 0.1) is 0 Å². The van der Waals surface area contributed by atoms with Crippen LogP contribution in [0.2, 0.25) is 0 Å².